The minimum absolute atomic E-state index is 0.100. The molecule has 5 atom stereocenters. The zero-order chi connectivity index (χ0) is 24.9. The van der Waals surface area contributed by atoms with Crippen molar-refractivity contribution >= 4 is 40.6 Å². The van der Waals surface area contributed by atoms with Gasteiger partial charge in [0.15, 0.2) is 0 Å². The van der Waals surface area contributed by atoms with Gasteiger partial charge in [-0.15, -0.1) is 16.9 Å². The molecule has 36 heavy (non-hydrogen) atoms. The van der Waals surface area contributed by atoms with Crippen LogP contribution in [-0.2, 0) is 25.8 Å². The van der Waals surface area contributed by atoms with E-state index >= 15 is 0 Å². The van der Waals surface area contributed by atoms with Crippen molar-refractivity contribution in [3.63, 3.8) is 0 Å². The van der Waals surface area contributed by atoms with Gasteiger partial charge in [0.25, 0.3) is 0 Å². The van der Waals surface area contributed by atoms with E-state index in [0.29, 0.717) is 19.4 Å². The van der Waals surface area contributed by atoms with Crippen molar-refractivity contribution in [1.82, 2.24) is 24.8 Å². The van der Waals surface area contributed by atoms with Crippen molar-refractivity contribution in [1.29, 1.82) is 0 Å². The lowest BCUT2D eigenvalue weighted by Gasteiger charge is -2.35. The van der Waals surface area contributed by atoms with Crippen molar-refractivity contribution in [3.8, 4) is 0 Å². The lowest BCUT2D eigenvalue weighted by molar-refractivity contribution is -0.153. The Morgan fingerprint density at radius 2 is 2.03 bits per heavy atom. The molecule has 4 aliphatic heterocycles. The first-order chi connectivity index (χ1) is 17.5. The summed E-state index contributed by atoms with van der Waals surface area (Å²) in [6, 6.07) is 6.75. The molecule has 2 aromatic rings. The van der Waals surface area contributed by atoms with Gasteiger partial charge >= 0.3 is 5.97 Å². The van der Waals surface area contributed by atoms with Crippen LogP contribution in [0.5, 0.6) is 0 Å². The van der Waals surface area contributed by atoms with Gasteiger partial charge in [0, 0.05) is 24.9 Å². The van der Waals surface area contributed by atoms with Crippen LogP contribution in [0, 0.1) is 11.8 Å². The number of hydrogen-bond donors (Lipinski definition) is 1. The molecule has 1 unspecified atom stereocenters. The summed E-state index contributed by atoms with van der Waals surface area (Å²) >= 11 is 1.51. The number of nitrogens with zero attached hydrogens (tertiary/aromatic N) is 5. The van der Waals surface area contributed by atoms with E-state index in [0.717, 1.165) is 11.0 Å². The normalized spacial score (nSPS) is 31.6. The van der Waals surface area contributed by atoms with Gasteiger partial charge in [-0.1, -0.05) is 41.7 Å². The Balaban J connectivity index is 1.39. The summed E-state index contributed by atoms with van der Waals surface area (Å²) in [6.07, 6.45) is 8.84. The second-order valence-electron chi connectivity index (χ2n) is 9.52. The highest BCUT2D eigenvalue weighted by molar-refractivity contribution is 8.02. The van der Waals surface area contributed by atoms with Gasteiger partial charge in [-0.2, -0.15) is 0 Å². The Labute approximate surface area is 211 Å². The Kier molecular flexibility index (Phi) is 5.83. The number of esters is 1. The molecule has 10 nitrogen and oxygen atoms in total. The smallest absolute Gasteiger partial charge is 0.311 e. The van der Waals surface area contributed by atoms with Crippen molar-refractivity contribution < 1.29 is 24.2 Å². The number of thioether (sulfide) groups is 1. The highest BCUT2D eigenvalue weighted by atomic mass is 32.2. The molecule has 4 aliphatic rings. The quantitative estimate of drug-likeness (QED) is 0.468. The minimum Gasteiger partial charge on any atom is -0.465 e. The number of hydrogen-bond acceptors (Lipinski definition) is 8. The lowest BCUT2D eigenvalue weighted by atomic mass is 9.78. The van der Waals surface area contributed by atoms with Crippen LogP contribution in [0.4, 0.5) is 0 Å². The molecule has 1 spiro atoms. The van der Waals surface area contributed by atoms with E-state index in [1.165, 1.54) is 11.8 Å². The van der Waals surface area contributed by atoms with Gasteiger partial charge in [-0.3, -0.25) is 14.4 Å². The summed E-state index contributed by atoms with van der Waals surface area (Å²) < 4.78 is 6.27. The number of carbonyl (C=O) groups excluding carboxylic acids is 3. The number of aromatic nitrogens is 3. The number of para-hydroxylation sites is 1. The zero-order valence-electron chi connectivity index (χ0n) is 19.6. The molecule has 1 aromatic carbocycles. The van der Waals surface area contributed by atoms with E-state index < -0.39 is 22.6 Å². The van der Waals surface area contributed by atoms with Crippen LogP contribution >= 0.6 is 11.8 Å². The van der Waals surface area contributed by atoms with Gasteiger partial charge in [0.2, 0.25) is 11.8 Å². The molecule has 0 bridgehead atoms. The van der Waals surface area contributed by atoms with Crippen LogP contribution in [0.1, 0.15) is 12.8 Å². The molecule has 11 heteroatoms. The fourth-order valence-corrected chi connectivity index (χ4v) is 7.95. The second-order valence-corrected chi connectivity index (χ2v) is 11.0. The molecule has 1 aromatic heterocycles. The van der Waals surface area contributed by atoms with E-state index in [1.807, 2.05) is 48.6 Å². The van der Waals surface area contributed by atoms with Gasteiger partial charge in [0.05, 0.1) is 28.7 Å². The maximum absolute atomic E-state index is 14.2. The van der Waals surface area contributed by atoms with Crippen molar-refractivity contribution in [2.45, 2.75) is 35.5 Å². The molecule has 1 N–H and O–H groups in total. The number of likely N-dealkylation sites (tertiary alicyclic amines) is 1. The Bertz CT molecular complexity index is 1280. The Morgan fingerprint density at radius 3 is 2.89 bits per heavy atom. The number of cyclic esters (lactones) is 1. The number of amides is 2. The number of benzene rings is 1. The summed E-state index contributed by atoms with van der Waals surface area (Å²) in [7, 11) is 0. The number of carbonyl (C=O) groups is 3. The molecule has 2 saturated heterocycles. The molecular weight excluding hydrogens is 482 g/mol. The molecule has 6 rings (SSSR count). The highest BCUT2D eigenvalue weighted by Gasteiger charge is 2.70. The Morgan fingerprint density at radius 1 is 1.17 bits per heavy atom. The molecule has 5 heterocycles. The number of ether oxygens (including phenoxy) is 1. The summed E-state index contributed by atoms with van der Waals surface area (Å²) in [4.78, 5) is 44.4. The second kappa shape index (κ2) is 9.04. The summed E-state index contributed by atoms with van der Waals surface area (Å²) in [5.41, 5.74) is 1.55. The monoisotopic (exact) mass is 509 g/mol. The van der Waals surface area contributed by atoms with Crippen LogP contribution < -0.4 is 0 Å². The molecule has 0 aliphatic carbocycles. The van der Waals surface area contributed by atoms with E-state index in [9.17, 15) is 19.5 Å². The molecular formula is C25H27N5O5S. The van der Waals surface area contributed by atoms with Crippen molar-refractivity contribution in [3.05, 3.63) is 48.6 Å². The molecule has 2 fully saturated rings. The van der Waals surface area contributed by atoms with Crippen LogP contribution in [-0.4, -0.2) is 90.0 Å². The highest BCUT2D eigenvalue weighted by Crippen LogP contribution is 2.60. The van der Waals surface area contributed by atoms with Crippen LogP contribution in [0.15, 0.2) is 48.6 Å². The van der Waals surface area contributed by atoms with E-state index in [-0.39, 0.29) is 49.5 Å². The summed E-state index contributed by atoms with van der Waals surface area (Å²) in [5.74, 6) is -2.19. The number of aliphatic hydroxyl groups is 1. The summed E-state index contributed by atoms with van der Waals surface area (Å²) in [6.45, 7) is 0.944. The Hall–Kier alpha value is -3.18. The average molecular weight is 510 g/mol. The fourth-order valence-electron chi connectivity index (χ4n) is 5.95. The van der Waals surface area contributed by atoms with Crippen LogP contribution in [0.2, 0.25) is 0 Å². The summed E-state index contributed by atoms with van der Waals surface area (Å²) in [5, 5.41) is 17.7. The van der Waals surface area contributed by atoms with Crippen LogP contribution in [0.3, 0.4) is 0 Å². The van der Waals surface area contributed by atoms with Crippen LogP contribution in [0.25, 0.3) is 11.0 Å². The van der Waals surface area contributed by atoms with Gasteiger partial charge in [-0.25, -0.2) is 4.68 Å². The fraction of sp³-hybridized carbons (Fsp3) is 0.480. The van der Waals surface area contributed by atoms with Gasteiger partial charge in [-0.05, 0) is 25.0 Å². The first kappa shape index (κ1) is 23.2. The minimum atomic E-state index is -0.897. The standard InChI is InChI=1S/C25H27N5O5S/c31-13-6-12-29-21-23(33)28(15-30-17-8-2-1-7-16(17)26-27-30)11-5-10-25(21)20(22(29)32)19-18(36-25)9-3-4-14-35-24(19)34/h1-3,5,7-10,18-21,31H,4,6,11-15H2/t18-,19+,20+,21?,25+/m1/s1. The molecule has 2 amide bonds. The van der Waals surface area contributed by atoms with E-state index in [1.54, 1.807) is 14.5 Å². The third-order valence-corrected chi connectivity index (χ3v) is 9.23. The zero-order valence-corrected chi connectivity index (χ0v) is 20.4. The maximum Gasteiger partial charge on any atom is 0.311 e. The van der Waals surface area contributed by atoms with Crippen molar-refractivity contribution in [2.24, 2.45) is 11.8 Å². The number of rotatable bonds is 5. The lowest BCUT2D eigenvalue weighted by Crippen LogP contribution is -2.53. The number of aliphatic hydroxyl groups excluding tert-OH is 1. The average Bonchev–Trinajstić information content (AvgIpc) is 3.45. The first-order valence-corrected chi connectivity index (χ1v) is 13.1. The topological polar surface area (TPSA) is 118 Å². The first-order valence-electron chi connectivity index (χ1n) is 12.2. The SMILES string of the molecule is O=C1OCCC=C[C@H]2S[C@]34C=CCN(Cn5nnc6ccccc65)C(=O)C3N(CCCO)C(=O)[C@@H]4[C@@H]12. The van der Waals surface area contributed by atoms with E-state index in [4.69, 9.17) is 4.74 Å². The van der Waals surface area contributed by atoms with Gasteiger partial charge < -0.3 is 19.6 Å². The molecule has 0 radical (unpaired) electrons. The van der Waals surface area contributed by atoms with Crippen molar-refractivity contribution in [2.75, 3.05) is 26.3 Å². The van der Waals surface area contributed by atoms with Gasteiger partial charge in [0.1, 0.15) is 18.2 Å². The molecule has 0 saturated carbocycles. The maximum atomic E-state index is 14.2. The molecule has 188 valence electrons. The van der Waals surface area contributed by atoms with E-state index in [2.05, 4.69) is 10.3 Å². The largest absolute Gasteiger partial charge is 0.465 e. The number of fused-ring (bicyclic) bond motifs is 3. The third-order valence-electron chi connectivity index (χ3n) is 7.49. The predicted molar refractivity (Wildman–Crippen MR) is 131 cm³/mol. The third kappa shape index (κ3) is 3.47. The predicted octanol–water partition coefficient (Wildman–Crippen LogP) is 0.970.